The van der Waals surface area contributed by atoms with Crippen LogP contribution in [0.5, 0.6) is 0 Å². The number of fused-ring (bicyclic) bond motifs is 2. The molecular formula is C34H33ClN10O3S. The first-order chi connectivity index (χ1) is 23.7. The Morgan fingerprint density at radius 2 is 1.88 bits per heavy atom. The number of amides is 1. The number of pyridine rings is 1. The van der Waals surface area contributed by atoms with E-state index in [1.165, 1.54) is 25.5 Å². The van der Waals surface area contributed by atoms with Crippen LogP contribution >= 0.6 is 11.6 Å². The lowest BCUT2D eigenvalue weighted by Crippen LogP contribution is -2.55. The number of aromatic nitrogens is 6. The number of hydrogen-bond donors (Lipinski definition) is 0. The van der Waals surface area contributed by atoms with Gasteiger partial charge in [-0.15, -0.1) is 9.19 Å². The minimum atomic E-state index is -3.98. The number of piperazine rings is 1. The molecule has 1 amide bonds. The lowest BCUT2D eigenvalue weighted by molar-refractivity contribution is -0.131. The Kier molecular flexibility index (Phi) is 8.87. The van der Waals surface area contributed by atoms with Gasteiger partial charge >= 0.3 is 0 Å². The maximum atomic E-state index is 13.4. The van der Waals surface area contributed by atoms with Crippen LogP contribution in [-0.2, 0) is 40.6 Å². The predicted molar refractivity (Wildman–Crippen MR) is 184 cm³/mol. The van der Waals surface area contributed by atoms with Crippen LogP contribution < -0.4 is 9.80 Å². The lowest BCUT2D eigenvalue weighted by atomic mass is 10.0. The van der Waals surface area contributed by atoms with Crippen LogP contribution in [0, 0.1) is 11.3 Å². The number of carbonyl (C=O) groups is 1. The molecule has 7 rings (SSSR count). The second-order valence-electron chi connectivity index (χ2n) is 12.1. The summed E-state index contributed by atoms with van der Waals surface area (Å²) in [6.07, 6.45) is 6.87. The fourth-order valence-electron chi connectivity index (χ4n) is 6.84. The molecule has 0 bridgehead atoms. The second kappa shape index (κ2) is 13.4. The fourth-order valence-corrected chi connectivity index (χ4v) is 8.39. The van der Waals surface area contributed by atoms with Gasteiger partial charge in [-0.1, -0.05) is 35.9 Å². The van der Waals surface area contributed by atoms with Crippen LogP contribution in [0.15, 0.2) is 72.4 Å². The zero-order chi connectivity index (χ0) is 34.1. The Labute approximate surface area is 288 Å². The van der Waals surface area contributed by atoms with Crippen LogP contribution in [0.1, 0.15) is 36.0 Å². The molecule has 250 valence electrons. The van der Waals surface area contributed by atoms with E-state index in [0.717, 1.165) is 50.5 Å². The maximum Gasteiger partial charge on any atom is 0.284 e. The first-order valence-electron chi connectivity index (χ1n) is 16.0. The molecule has 5 aromatic rings. The van der Waals surface area contributed by atoms with Crippen molar-refractivity contribution >= 4 is 49.8 Å². The van der Waals surface area contributed by atoms with E-state index in [1.807, 2.05) is 18.2 Å². The smallest absolute Gasteiger partial charge is 0.284 e. The monoisotopic (exact) mass is 696 g/mol. The van der Waals surface area contributed by atoms with E-state index in [4.69, 9.17) is 21.6 Å². The fraction of sp³-hybridized carbons (Fsp3) is 0.324. The highest BCUT2D eigenvalue weighted by Gasteiger charge is 2.33. The number of nitriles is 1. The van der Waals surface area contributed by atoms with Gasteiger partial charge in [0.15, 0.2) is 0 Å². The molecule has 0 saturated carbocycles. The minimum absolute atomic E-state index is 0.0529. The van der Waals surface area contributed by atoms with Gasteiger partial charge < -0.3 is 14.7 Å². The number of halogens is 1. The van der Waals surface area contributed by atoms with Gasteiger partial charge in [0.05, 0.1) is 40.7 Å². The number of aryl methyl sites for hydroxylation is 2. The van der Waals surface area contributed by atoms with E-state index >= 15 is 0 Å². The number of hydrogen-bond acceptors (Lipinski definition) is 11. The first kappa shape index (κ1) is 32.4. The van der Waals surface area contributed by atoms with Crippen LogP contribution in [-0.4, -0.2) is 80.6 Å². The van der Waals surface area contributed by atoms with Crippen LogP contribution in [0.4, 0.5) is 11.5 Å². The van der Waals surface area contributed by atoms with Crippen molar-refractivity contribution in [1.82, 2.24) is 34.0 Å². The van der Waals surface area contributed by atoms with Gasteiger partial charge in [-0.25, -0.2) is 15.0 Å². The molecular weight excluding hydrogens is 664 g/mol. The molecule has 2 aliphatic rings. The Morgan fingerprint density at radius 1 is 1.04 bits per heavy atom. The van der Waals surface area contributed by atoms with Crippen molar-refractivity contribution in [1.29, 1.82) is 5.26 Å². The van der Waals surface area contributed by atoms with Gasteiger partial charge in [-0.05, 0) is 42.0 Å². The van der Waals surface area contributed by atoms with Crippen molar-refractivity contribution in [2.24, 2.45) is 0 Å². The third kappa shape index (κ3) is 6.27. The molecule has 1 atom stereocenters. The Hall–Kier alpha value is -5.13. The molecule has 1 saturated heterocycles. The van der Waals surface area contributed by atoms with Crippen molar-refractivity contribution in [2.45, 2.75) is 50.1 Å². The Morgan fingerprint density at radius 3 is 2.65 bits per heavy atom. The number of benzene rings is 2. The van der Waals surface area contributed by atoms with E-state index in [9.17, 15) is 18.5 Å². The second-order valence-corrected chi connectivity index (χ2v) is 14.3. The molecule has 2 aromatic carbocycles. The Bertz CT molecular complexity index is 2180. The average molecular weight is 697 g/mol. The van der Waals surface area contributed by atoms with Crippen molar-refractivity contribution in [3.63, 3.8) is 0 Å². The lowest BCUT2D eigenvalue weighted by Gasteiger charge is -2.42. The highest BCUT2D eigenvalue weighted by atomic mass is 35.5. The summed E-state index contributed by atoms with van der Waals surface area (Å²) in [5.41, 5.74) is 3.45. The average Bonchev–Trinajstić information content (AvgIpc) is 3.67. The molecule has 13 nitrogen and oxygen atoms in total. The van der Waals surface area contributed by atoms with E-state index < -0.39 is 10.0 Å². The van der Waals surface area contributed by atoms with Crippen molar-refractivity contribution in [2.75, 3.05) is 36.0 Å². The zero-order valence-electron chi connectivity index (χ0n) is 26.8. The van der Waals surface area contributed by atoms with Crippen molar-refractivity contribution in [3.05, 3.63) is 95.2 Å². The minimum Gasteiger partial charge on any atom is -0.365 e. The largest absolute Gasteiger partial charge is 0.365 e. The van der Waals surface area contributed by atoms with Crippen molar-refractivity contribution < 1.29 is 13.2 Å². The van der Waals surface area contributed by atoms with Gasteiger partial charge in [-0.3, -0.25) is 9.78 Å². The molecule has 3 aromatic heterocycles. The summed E-state index contributed by atoms with van der Waals surface area (Å²) in [5, 5.41) is 16.1. The molecule has 0 aliphatic carbocycles. The molecule has 1 fully saturated rings. The Balaban J connectivity index is 1.25. The summed E-state index contributed by atoms with van der Waals surface area (Å²) >= 11 is 6.72. The van der Waals surface area contributed by atoms with E-state index in [-0.39, 0.29) is 23.3 Å². The van der Waals surface area contributed by atoms with E-state index in [1.54, 1.807) is 11.1 Å². The maximum absolute atomic E-state index is 13.4. The summed E-state index contributed by atoms with van der Waals surface area (Å²) in [6.45, 7) is 4.30. The normalized spacial score (nSPS) is 16.4. The summed E-state index contributed by atoms with van der Waals surface area (Å²) in [7, 11) is -3.98. The highest BCUT2D eigenvalue weighted by Crippen LogP contribution is 2.37. The van der Waals surface area contributed by atoms with Gasteiger partial charge in [0.2, 0.25) is 5.91 Å². The molecule has 5 heterocycles. The van der Waals surface area contributed by atoms with Crippen LogP contribution in [0.25, 0.3) is 10.8 Å². The first-order valence-corrected chi connectivity index (χ1v) is 17.8. The van der Waals surface area contributed by atoms with E-state index in [2.05, 4.69) is 49.1 Å². The van der Waals surface area contributed by atoms with Gasteiger partial charge in [-0.2, -0.15) is 13.7 Å². The quantitative estimate of drug-likeness (QED) is 0.233. The number of anilines is 2. The van der Waals surface area contributed by atoms with Crippen LogP contribution in [0.3, 0.4) is 0 Å². The molecule has 0 unspecified atom stereocenters. The topological polar surface area (TPSA) is 154 Å². The molecule has 0 N–H and O–H groups in total. The molecule has 0 radical (unpaired) electrons. The summed E-state index contributed by atoms with van der Waals surface area (Å²) in [4.78, 5) is 36.9. The predicted octanol–water partition coefficient (Wildman–Crippen LogP) is 3.81. The van der Waals surface area contributed by atoms with Gasteiger partial charge in [0, 0.05) is 68.6 Å². The number of nitrogens with zero attached hydrogens (tertiary/aromatic N) is 10. The summed E-state index contributed by atoms with van der Waals surface area (Å²) in [6, 6.07) is 15.5. The molecule has 0 spiro atoms. The van der Waals surface area contributed by atoms with Crippen LogP contribution in [0.2, 0.25) is 5.02 Å². The van der Waals surface area contributed by atoms with Crippen molar-refractivity contribution in [3.8, 4) is 6.07 Å². The summed E-state index contributed by atoms with van der Waals surface area (Å²) < 4.78 is 27.5. The molecule has 15 heteroatoms. The van der Waals surface area contributed by atoms with Gasteiger partial charge in [0.1, 0.15) is 24.3 Å². The third-order valence-corrected chi connectivity index (χ3v) is 11.1. The molecule has 49 heavy (non-hydrogen) atoms. The number of carbonyl (C=O) groups excluding carboxylic acids is 1. The zero-order valence-corrected chi connectivity index (χ0v) is 28.3. The SMILES string of the molecule is CC(=O)N1CCN(c2nc(CCc3cnccc3S(=O)(=O)n3cncn3)nc3c2CCN(c2cccc4cccc(Cl)c24)C3)C[C@@H]1CC#N. The van der Waals surface area contributed by atoms with E-state index in [0.29, 0.717) is 61.9 Å². The highest BCUT2D eigenvalue weighted by molar-refractivity contribution is 7.89. The molecule has 2 aliphatic heterocycles. The third-order valence-electron chi connectivity index (χ3n) is 9.17. The standard InChI is InChI=1S/C34H33ClN10O3S/c1-23(46)44-17-16-43(19-26(44)10-13-36)34-27-12-15-42(30-7-3-5-24-4-2-6-28(35)33(24)30)20-29(27)40-32(41-34)9-8-25-18-37-14-11-31(25)49(47,48)45-22-38-21-39-45/h2-7,11,14,18,21-22,26H,8-10,12,15-17,19-20H2,1H3/t26-/m0/s1. The summed E-state index contributed by atoms with van der Waals surface area (Å²) in [5.74, 6) is 1.30. The number of rotatable bonds is 8. The van der Waals surface area contributed by atoms with Gasteiger partial charge in [0.25, 0.3) is 10.0 Å².